The van der Waals surface area contributed by atoms with Gasteiger partial charge in [-0.15, -0.1) is 0 Å². The Kier molecular flexibility index (Phi) is 5.50. The second-order valence-electron chi connectivity index (χ2n) is 3.26. The molecule has 0 bridgehead atoms. The fraction of sp³-hybridized carbons (Fsp3) is 0.455. The number of nitrogens with two attached hydrogens (primary N) is 1. The zero-order valence-electron chi connectivity index (χ0n) is 9.05. The van der Waals surface area contributed by atoms with Crippen molar-refractivity contribution in [1.82, 2.24) is 0 Å². The number of halogens is 1. The van der Waals surface area contributed by atoms with Gasteiger partial charge in [0.05, 0.1) is 6.61 Å². The summed E-state index contributed by atoms with van der Waals surface area (Å²) < 4.78 is 6.79. The molecule has 0 aromatic heterocycles. The first-order chi connectivity index (χ1) is 7.19. The minimum atomic E-state index is 0.509. The molecule has 1 aromatic carbocycles. The molecule has 0 aliphatic carbocycles. The lowest BCUT2D eigenvalue weighted by molar-refractivity contribution is 0.338. The molecule has 0 aliphatic heterocycles. The quantitative estimate of drug-likeness (QED) is 0.847. The van der Waals surface area contributed by atoms with Crippen LogP contribution >= 0.6 is 27.7 Å². The van der Waals surface area contributed by atoms with Crippen molar-refractivity contribution in [2.45, 2.75) is 13.5 Å². The van der Waals surface area contributed by atoms with Crippen LogP contribution in [0.25, 0.3) is 0 Å². The number of ether oxygens (including phenoxy) is 1. The summed E-state index contributed by atoms with van der Waals surface area (Å²) in [5.41, 5.74) is 7.88. The third kappa shape index (κ3) is 3.70. The fourth-order valence-electron chi connectivity index (χ4n) is 1.38. The fourth-order valence-corrected chi connectivity index (χ4v) is 2.25. The molecule has 2 nitrogen and oxygen atoms in total. The number of rotatable bonds is 5. The lowest BCUT2D eigenvalue weighted by Crippen LogP contribution is -2.06. The van der Waals surface area contributed by atoms with Crippen molar-refractivity contribution in [3.8, 4) is 5.75 Å². The van der Waals surface area contributed by atoms with E-state index in [9.17, 15) is 0 Å². The van der Waals surface area contributed by atoms with E-state index in [1.165, 1.54) is 0 Å². The SMILES string of the molecule is CSCCOc1c(C)cc(Br)cc1CN. The number of benzene rings is 1. The molecular formula is C11H16BrNOS. The van der Waals surface area contributed by atoms with Gasteiger partial charge < -0.3 is 10.5 Å². The molecule has 0 heterocycles. The number of aryl methyl sites for hydroxylation is 1. The van der Waals surface area contributed by atoms with E-state index < -0.39 is 0 Å². The van der Waals surface area contributed by atoms with Gasteiger partial charge in [0.1, 0.15) is 5.75 Å². The van der Waals surface area contributed by atoms with Gasteiger partial charge in [-0.1, -0.05) is 15.9 Å². The molecular weight excluding hydrogens is 274 g/mol. The largest absolute Gasteiger partial charge is 0.492 e. The predicted octanol–water partition coefficient (Wildman–Crippen LogP) is 2.96. The second kappa shape index (κ2) is 6.40. The summed E-state index contributed by atoms with van der Waals surface area (Å²) in [4.78, 5) is 0. The Hall–Kier alpha value is -0.190. The molecule has 0 saturated heterocycles. The summed E-state index contributed by atoms with van der Waals surface area (Å²) in [6, 6.07) is 4.06. The standard InChI is InChI=1S/C11H16BrNOS/c1-8-5-10(12)6-9(7-13)11(8)14-3-4-15-2/h5-6H,3-4,7,13H2,1-2H3. The highest BCUT2D eigenvalue weighted by atomic mass is 79.9. The molecule has 1 rings (SSSR count). The Morgan fingerprint density at radius 1 is 1.47 bits per heavy atom. The van der Waals surface area contributed by atoms with Crippen LogP contribution in [0.2, 0.25) is 0 Å². The minimum Gasteiger partial charge on any atom is -0.492 e. The summed E-state index contributed by atoms with van der Waals surface area (Å²) in [6.07, 6.45) is 2.07. The van der Waals surface area contributed by atoms with E-state index in [2.05, 4.69) is 22.2 Å². The average Bonchev–Trinajstić information content (AvgIpc) is 2.20. The van der Waals surface area contributed by atoms with E-state index in [0.29, 0.717) is 6.54 Å². The van der Waals surface area contributed by atoms with Crippen LogP contribution in [0.1, 0.15) is 11.1 Å². The van der Waals surface area contributed by atoms with Crippen LogP contribution < -0.4 is 10.5 Å². The highest BCUT2D eigenvalue weighted by molar-refractivity contribution is 9.10. The van der Waals surface area contributed by atoms with Gasteiger partial charge in [-0.25, -0.2) is 0 Å². The molecule has 0 unspecified atom stereocenters. The molecule has 2 N–H and O–H groups in total. The van der Waals surface area contributed by atoms with Crippen molar-refractivity contribution in [3.05, 3.63) is 27.7 Å². The monoisotopic (exact) mass is 289 g/mol. The van der Waals surface area contributed by atoms with E-state index in [1.54, 1.807) is 11.8 Å². The Balaban J connectivity index is 2.84. The maximum Gasteiger partial charge on any atom is 0.126 e. The van der Waals surface area contributed by atoms with Crippen LogP contribution in [-0.4, -0.2) is 18.6 Å². The lowest BCUT2D eigenvalue weighted by atomic mass is 10.1. The molecule has 4 heteroatoms. The first-order valence-electron chi connectivity index (χ1n) is 4.80. The van der Waals surface area contributed by atoms with Crippen LogP contribution in [0.15, 0.2) is 16.6 Å². The molecule has 0 radical (unpaired) electrons. The van der Waals surface area contributed by atoms with Gasteiger partial charge in [0.25, 0.3) is 0 Å². The van der Waals surface area contributed by atoms with Crippen molar-refractivity contribution < 1.29 is 4.74 Å². The normalized spacial score (nSPS) is 10.4. The Bertz CT molecular complexity index is 331. The molecule has 15 heavy (non-hydrogen) atoms. The van der Waals surface area contributed by atoms with Crippen LogP contribution in [0.4, 0.5) is 0 Å². The Labute approximate surface area is 104 Å². The van der Waals surface area contributed by atoms with Crippen molar-refractivity contribution in [1.29, 1.82) is 0 Å². The van der Waals surface area contributed by atoms with Crippen molar-refractivity contribution >= 4 is 27.7 Å². The van der Waals surface area contributed by atoms with Crippen LogP contribution in [-0.2, 0) is 6.54 Å². The average molecular weight is 290 g/mol. The molecule has 0 amide bonds. The first kappa shape index (κ1) is 12.9. The van der Waals surface area contributed by atoms with Gasteiger partial charge in [0, 0.05) is 22.3 Å². The summed E-state index contributed by atoms with van der Waals surface area (Å²) in [5, 5.41) is 0. The number of thioether (sulfide) groups is 1. The Morgan fingerprint density at radius 2 is 2.20 bits per heavy atom. The predicted molar refractivity (Wildman–Crippen MR) is 70.6 cm³/mol. The van der Waals surface area contributed by atoms with Gasteiger partial charge in [0.2, 0.25) is 0 Å². The summed E-state index contributed by atoms with van der Waals surface area (Å²) in [7, 11) is 0. The topological polar surface area (TPSA) is 35.2 Å². The van der Waals surface area contributed by atoms with Crippen LogP contribution in [0, 0.1) is 6.92 Å². The molecule has 0 saturated carbocycles. The molecule has 0 aliphatic rings. The van der Waals surface area contributed by atoms with Gasteiger partial charge in [0.15, 0.2) is 0 Å². The van der Waals surface area contributed by atoms with E-state index >= 15 is 0 Å². The van der Waals surface area contributed by atoms with Gasteiger partial charge >= 0.3 is 0 Å². The highest BCUT2D eigenvalue weighted by Crippen LogP contribution is 2.27. The molecule has 1 aromatic rings. The van der Waals surface area contributed by atoms with E-state index in [4.69, 9.17) is 10.5 Å². The summed E-state index contributed by atoms with van der Waals surface area (Å²) in [6.45, 7) is 3.28. The molecule has 84 valence electrons. The van der Waals surface area contributed by atoms with Crippen LogP contribution in [0.3, 0.4) is 0 Å². The van der Waals surface area contributed by atoms with E-state index in [1.807, 2.05) is 19.1 Å². The summed E-state index contributed by atoms with van der Waals surface area (Å²) in [5.74, 6) is 1.94. The molecule has 0 atom stereocenters. The van der Waals surface area contributed by atoms with Crippen molar-refractivity contribution in [2.75, 3.05) is 18.6 Å². The second-order valence-corrected chi connectivity index (χ2v) is 5.16. The van der Waals surface area contributed by atoms with E-state index in [0.717, 1.165) is 33.7 Å². The van der Waals surface area contributed by atoms with Crippen molar-refractivity contribution in [2.24, 2.45) is 5.73 Å². The molecule has 0 fully saturated rings. The van der Waals surface area contributed by atoms with Gasteiger partial charge in [-0.05, 0) is 30.9 Å². The highest BCUT2D eigenvalue weighted by Gasteiger charge is 2.07. The molecule has 0 spiro atoms. The van der Waals surface area contributed by atoms with Gasteiger partial charge in [-0.2, -0.15) is 11.8 Å². The van der Waals surface area contributed by atoms with E-state index in [-0.39, 0.29) is 0 Å². The van der Waals surface area contributed by atoms with Crippen molar-refractivity contribution in [3.63, 3.8) is 0 Å². The maximum absolute atomic E-state index is 5.73. The zero-order valence-corrected chi connectivity index (χ0v) is 11.5. The zero-order chi connectivity index (χ0) is 11.3. The minimum absolute atomic E-state index is 0.509. The maximum atomic E-state index is 5.73. The summed E-state index contributed by atoms with van der Waals surface area (Å²) >= 11 is 5.23. The number of hydrogen-bond acceptors (Lipinski definition) is 3. The Morgan fingerprint density at radius 3 is 2.80 bits per heavy atom. The smallest absolute Gasteiger partial charge is 0.126 e. The third-order valence-electron chi connectivity index (χ3n) is 2.07. The first-order valence-corrected chi connectivity index (χ1v) is 6.98. The third-order valence-corrected chi connectivity index (χ3v) is 3.10. The van der Waals surface area contributed by atoms with Gasteiger partial charge in [-0.3, -0.25) is 0 Å². The van der Waals surface area contributed by atoms with Crippen LogP contribution in [0.5, 0.6) is 5.75 Å². The number of hydrogen-bond donors (Lipinski definition) is 1. The lowest BCUT2D eigenvalue weighted by Gasteiger charge is -2.13.